The molecule has 0 saturated heterocycles. The van der Waals surface area contributed by atoms with E-state index in [1.807, 2.05) is 35.7 Å². The minimum Gasteiger partial charge on any atom is -0.339 e. The van der Waals surface area contributed by atoms with Crippen LogP contribution in [0, 0.1) is 6.92 Å². The summed E-state index contributed by atoms with van der Waals surface area (Å²) < 4.78 is 5.27. The maximum absolute atomic E-state index is 12.2. The summed E-state index contributed by atoms with van der Waals surface area (Å²) in [4.78, 5) is 23.4. The molecule has 1 aromatic carbocycles. The van der Waals surface area contributed by atoms with Gasteiger partial charge in [-0.05, 0) is 25.5 Å². The molecule has 0 unspecified atom stereocenters. The second-order valence-electron chi connectivity index (χ2n) is 6.23. The van der Waals surface area contributed by atoms with Gasteiger partial charge < -0.3 is 9.84 Å². The summed E-state index contributed by atoms with van der Waals surface area (Å²) in [5.41, 5.74) is 1.81. The number of benzene rings is 1. The van der Waals surface area contributed by atoms with Crippen molar-refractivity contribution in [2.45, 2.75) is 26.2 Å². The molecule has 0 aliphatic heterocycles. The van der Waals surface area contributed by atoms with Gasteiger partial charge in [0.2, 0.25) is 17.6 Å². The van der Waals surface area contributed by atoms with Crippen molar-refractivity contribution in [3.8, 4) is 22.0 Å². The van der Waals surface area contributed by atoms with Gasteiger partial charge in [0.1, 0.15) is 0 Å². The number of nitrogens with one attached hydrogen (secondary N) is 1. The first-order valence-corrected chi connectivity index (χ1v) is 10.6. The highest BCUT2D eigenvalue weighted by Gasteiger charge is 2.11. The van der Waals surface area contributed by atoms with E-state index < -0.39 is 0 Å². The zero-order valence-electron chi connectivity index (χ0n) is 15.2. The van der Waals surface area contributed by atoms with E-state index in [-0.39, 0.29) is 5.91 Å². The molecule has 4 rings (SSSR count). The fraction of sp³-hybridized carbons (Fsp3) is 0.200. The summed E-state index contributed by atoms with van der Waals surface area (Å²) in [6, 6.07) is 13.8. The van der Waals surface area contributed by atoms with Gasteiger partial charge in [0, 0.05) is 28.7 Å². The lowest BCUT2D eigenvalue weighted by molar-refractivity contribution is -0.116. The quantitative estimate of drug-likeness (QED) is 0.453. The first-order chi connectivity index (χ1) is 13.7. The van der Waals surface area contributed by atoms with Crippen molar-refractivity contribution in [1.29, 1.82) is 0 Å². The zero-order valence-corrected chi connectivity index (χ0v) is 16.8. The van der Waals surface area contributed by atoms with Crippen molar-refractivity contribution in [3.63, 3.8) is 0 Å². The number of hydrogen-bond donors (Lipinski definition) is 1. The van der Waals surface area contributed by atoms with Crippen LogP contribution in [0.25, 0.3) is 22.0 Å². The lowest BCUT2D eigenvalue weighted by atomic mass is 10.2. The average Bonchev–Trinajstić information content (AvgIpc) is 3.44. The number of carbonyl (C=O) groups is 1. The molecule has 0 spiro atoms. The molecule has 8 heteroatoms. The molecule has 1 N–H and O–H groups in total. The lowest BCUT2D eigenvalue weighted by Gasteiger charge is -2.00. The Morgan fingerprint density at radius 2 is 2.00 bits per heavy atom. The van der Waals surface area contributed by atoms with Crippen molar-refractivity contribution in [2.24, 2.45) is 0 Å². The average molecular weight is 411 g/mol. The molecule has 142 valence electrons. The highest BCUT2D eigenvalue weighted by Crippen LogP contribution is 2.30. The number of hydrogen-bond acceptors (Lipinski definition) is 7. The van der Waals surface area contributed by atoms with Crippen LogP contribution in [0.1, 0.15) is 23.6 Å². The molecule has 0 fully saturated rings. The fourth-order valence-corrected chi connectivity index (χ4v) is 4.29. The van der Waals surface area contributed by atoms with E-state index in [2.05, 4.69) is 39.5 Å². The Kier molecular flexibility index (Phi) is 5.59. The van der Waals surface area contributed by atoms with Gasteiger partial charge in [-0.15, -0.1) is 22.7 Å². The Morgan fingerprint density at radius 3 is 2.79 bits per heavy atom. The van der Waals surface area contributed by atoms with E-state index in [9.17, 15) is 4.79 Å². The standard InChI is InChI=1S/C20H18N4O2S2/c1-13-10-11-16(28-13)15-12-27-20(21-15)22-17(25)8-5-9-18-23-19(24-26-18)14-6-3-2-4-7-14/h2-4,6-7,10-12H,5,8-9H2,1H3,(H,21,22,25). The molecule has 0 radical (unpaired) electrons. The summed E-state index contributed by atoms with van der Waals surface area (Å²) in [7, 11) is 0. The highest BCUT2D eigenvalue weighted by molar-refractivity contribution is 7.17. The summed E-state index contributed by atoms with van der Waals surface area (Å²) in [6.45, 7) is 2.06. The second-order valence-corrected chi connectivity index (χ2v) is 8.37. The number of aryl methyl sites for hydroxylation is 2. The Hall–Kier alpha value is -2.84. The summed E-state index contributed by atoms with van der Waals surface area (Å²) in [6.07, 6.45) is 1.56. The number of nitrogens with zero attached hydrogens (tertiary/aromatic N) is 3. The molecule has 3 aromatic heterocycles. The molecule has 0 aliphatic carbocycles. The minimum atomic E-state index is -0.0638. The summed E-state index contributed by atoms with van der Waals surface area (Å²) in [5, 5.41) is 9.44. The normalized spacial score (nSPS) is 10.9. The lowest BCUT2D eigenvalue weighted by Crippen LogP contribution is -2.11. The molecule has 0 atom stereocenters. The predicted octanol–water partition coefficient (Wildman–Crippen LogP) is 5.19. The molecule has 1 amide bonds. The van der Waals surface area contributed by atoms with Crippen LogP contribution in [0.2, 0.25) is 0 Å². The van der Waals surface area contributed by atoms with E-state index in [1.165, 1.54) is 16.2 Å². The zero-order chi connectivity index (χ0) is 19.3. The van der Waals surface area contributed by atoms with Gasteiger partial charge in [0.25, 0.3) is 0 Å². The van der Waals surface area contributed by atoms with Gasteiger partial charge in [-0.3, -0.25) is 4.79 Å². The van der Waals surface area contributed by atoms with Gasteiger partial charge in [-0.25, -0.2) is 4.98 Å². The summed E-state index contributed by atoms with van der Waals surface area (Å²) in [5.74, 6) is 1.04. The van der Waals surface area contributed by atoms with Crippen molar-refractivity contribution in [1.82, 2.24) is 15.1 Å². The van der Waals surface area contributed by atoms with Gasteiger partial charge in [0.15, 0.2) is 5.13 Å². The molecule has 0 aliphatic rings. The number of anilines is 1. The molecule has 0 saturated carbocycles. The minimum absolute atomic E-state index is 0.0638. The van der Waals surface area contributed by atoms with Gasteiger partial charge >= 0.3 is 0 Å². The SMILES string of the molecule is Cc1ccc(-c2csc(NC(=O)CCCc3nc(-c4ccccc4)no3)n2)s1. The van der Waals surface area contributed by atoms with Crippen molar-refractivity contribution >= 4 is 33.7 Å². The maximum Gasteiger partial charge on any atom is 0.226 e. The predicted molar refractivity (Wildman–Crippen MR) is 111 cm³/mol. The van der Waals surface area contributed by atoms with Crippen LogP contribution in [-0.2, 0) is 11.2 Å². The van der Waals surface area contributed by atoms with Gasteiger partial charge in [-0.1, -0.05) is 35.5 Å². The topological polar surface area (TPSA) is 80.9 Å². The van der Waals surface area contributed by atoms with E-state index in [0.29, 0.717) is 36.1 Å². The first-order valence-electron chi connectivity index (χ1n) is 8.87. The number of thiazole rings is 1. The Morgan fingerprint density at radius 1 is 1.14 bits per heavy atom. The Bertz CT molecular complexity index is 1070. The van der Waals surface area contributed by atoms with Gasteiger partial charge in [-0.2, -0.15) is 4.98 Å². The Balaban J connectivity index is 1.26. The molecule has 28 heavy (non-hydrogen) atoms. The third kappa shape index (κ3) is 4.52. The van der Waals surface area contributed by atoms with Crippen LogP contribution in [0.15, 0.2) is 52.4 Å². The number of carbonyl (C=O) groups excluding carboxylic acids is 1. The van der Waals surface area contributed by atoms with Crippen LogP contribution < -0.4 is 5.32 Å². The van der Waals surface area contributed by atoms with Crippen LogP contribution >= 0.6 is 22.7 Å². The van der Waals surface area contributed by atoms with Crippen LogP contribution in [0.5, 0.6) is 0 Å². The van der Waals surface area contributed by atoms with E-state index in [1.54, 1.807) is 11.3 Å². The van der Waals surface area contributed by atoms with Gasteiger partial charge in [0.05, 0.1) is 10.6 Å². The number of rotatable bonds is 7. The number of amides is 1. The van der Waals surface area contributed by atoms with Crippen LogP contribution in [0.4, 0.5) is 5.13 Å². The summed E-state index contributed by atoms with van der Waals surface area (Å²) >= 11 is 3.13. The molecule has 6 nitrogen and oxygen atoms in total. The molecular weight excluding hydrogens is 392 g/mol. The third-order valence-electron chi connectivity index (χ3n) is 4.04. The molecular formula is C20H18N4O2S2. The number of thiophene rings is 1. The maximum atomic E-state index is 12.2. The molecule has 4 aromatic rings. The third-order valence-corrected chi connectivity index (χ3v) is 5.82. The van der Waals surface area contributed by atoms with E-state index in [0.717, 1.165) is 16.1 Å². The molecule has 3 heterocycles. The van der Waals surface area contributed by atoms with E-state index in [4.69, 9.17) is 4.52 Å². The van der Waals surface area contributed by atoms with E-state index >= 15 is 0 Å². The Labute approximate surface area is 170 Å². The largest absolute Gasteiger partial charge is 0.339 e. The highest BCUT2D eigenvalue weighted by atomic mass is 32.1. The van der Waals surface area contributed by atoms with Crippen molar-refractivity contribution in [3.05, 3.63) is 58.6 Å². The van der Waals surface area contributed by atoms with Crippen molar-refractivity contribution in [2.75, 3.05) is 5.32 Å². The van der Waals surface area contributed by atoms with Crippen molar-refractivity contribution < 1.29 is 9.32 Å². The second kappa shape index (κ2) is 8.45. The monoisotopic (exact) mass is 410 g/mol. The van der Waals surface area contributed by atoms with Crippen LogP contribution in [-0.4, -0.2) is 21.0 Å². The smallest absolute Gasteiger partial charge is 0.226 e. The van der Waals surface area contributed by atoms with Crippen LogP contribution in [0.3, 0.4) is 0 Å². The fourth-order valence-electron chi connectivity index (χ4n) is 2.66. The molecule has 0 bridgehead atoms. The first kappa shape index (κ1) is 18.5. The number of aromatic nitrogens is 3.